The van der Waals surface area contributed by atoms with Gasteiger partial charge in [-0.15, -0.1) is 0 Å². The second kappa shape index (κ2) is 4.79. The summed E-state index contributed by atoms with van der Waals surface area (Å²) >= 11 is 0. The maximum atomic E-state index is 12.2. The molecule has 0 atom stereocenters. The van der Waals surface area contributed by atoms with Crippen LogP contribution in [0, 0.1) is 0 Å². The number of nitrogens with zero attached hydrogens (tertiary/aromatic N) is 1. The van der Waals surface area contributed by atoms with Crippen molar-refractivity contribution in [1.29, 1.82) is 0 Å². The lowest BCUT2D eigenvalue weighted by atomic mass is 10.1. The summed E-state index contributed by atoms with van der Waals surface area (Å²) in [4.78, 5) is 13.8. The molecule has 18 heavy (non-hydrogen) atoms. The second-order valence-electron chi connectivity index (χ2n) is 4.04. The summed E-state index contributed by atoms with van der Waals surface area (Å²) in [6.07, 6.45) is 0. The fourth-order valence-corrected chi connectivity index (χ4v) is 1.72. The molecule has 0 aromatic heterocycles. The lowest BCUT2D eigenvalue weighted by Crippen LogP contribution is -2.26. The highest BCUT2D eigenvalue weighted by Crippen LogP contribution is 2.22. The van der Waals surface area contributed by atoms with Crippen LogP contribution in [0.3, 0.4) is 0 Å². The Labute approximate surface area is 106 Å². The predicted octanol–water partition coefficient (Wildman–Crippen LogP) is 2.13. The summed E-state index contributed by atoms with van der Waals surface area (Å²) in [5, 5.41) is 0. The molecule has 0 aliphatic rings. The van der Waals surface area contributed by atoms with Gasteiger partial charge in [-0.05, 0) is 36.4 Å². The molecule has 2 aromatic carbocycles. The van der Waals surface area contributed by atoms with Crippen LogP contribution in [0.15, 0.2) is 48.5 Å². The van der Waals surface area contributed by atoms with Gasteiger partial charge in [-0.1, -0.05) is 12.1 Å². The first kappa shape index (κ1) is 12.0. The minimum atomic E-state index is -0.118. The normalized spacial score (nSPS) is 10.1. The van der Waals surface area contributed by atoms with Crippen LogP contribution in [0.4, 0.5) is 17.1 Å². The summed E-state index contributed by atoms with van der Waals surface area (Å²) in [5.41, 5.74) is 13.9. The number of nitrogens with two attached hydrogens (primary N) is 2. The summed E-state index contributed by atoms with van der Waals surface area (Å²) < 4.78 is 0. The topological polar surface area (TPSA) is 72.3 Å². The maximum Gasteiger partial charge on any atom is 0.258 e. The van der Waals surface area contributed by atoms with E-state index in [9.17, 15) is 4.79 Å². The van der Waals surface area contributed by atoms with E-state index >= 15 is 0 Å². The smallest absolute Gasteiger partial charge is 0.258 e. The fraction of sp³-hybridized carbons (Fsp3) is 0.0714. The Morgan fingerprint density at radius 2 is 1.61 bits per heavy atom. The molecule has 0 aliphatic carbocycles. The van der Waals surface area contributed by atoms with Gasteiger partial charge >= 0.3 is 0 Å². The fourth-order valence-electron chi connectivity index (χ4n) is 1.72. The Kier molecular flexibility index (Phi) is 3.19. The molecule has 4 N–H and O–H groups in total. The van der Waals surface area contributed by atoms with Gasteiger partial charge in [0.05, 0.1) is 11.4 Å². The number of para-hydroxylation sites is 2. The number of hydrogen-bond donors (Lipinski definition) is 2. The molecular formula is C14H15N3O. The number of anilines is 3. The van der Waals surface area contributed by atoms with Crippen molar-refractivity contribution in [3.05, 3.63) is 54.1 Å². The quantitative estimate of drug-likeness (QED) is 0.791. The highest BCUT2D eigenvalue weighted by atomic mass is 16.2. The van der Waals surface area contributed by atoms with Gasteiger partial charge in [-0.3, -0.25) is 4.79 Å². The summed E-state index contributed by atoms with van der Waals surface area (Å²) in [5.74, 6) is -0.118. The number of carbonyl (C=O) groups is 1. The van der Waals surface area contributed by atoms with Gasteiger partial charge in [-0.2, -0.15) is 0 Å². The first-order valence-corrected chi connectivity index (χ1v) is 5.57. The molecule has 0 spiro atoms. The highest BCUT2D eigenvalue weighted by molar-refractivity contribution is 6.07. The van der Waals surface area contributed by atoms with Gasteiger partial charge in [-0.25, -0.2) is 0 Å². The van der Waals surface area contributed by atoms with Crippen molar-refractivity contribution in [2.75, 3.05) is 23.4 Å². The molecule has 0 heterocycles. The number of hydrogen-bond acceptors (Lipinski definition) is 3. The third-order valence-corrected chi connectivity index (χ3v) is 2.76. The van der Waals surface area contributed by atoms with E-state index in [-0.39, 0.29) is 5.91 Å². The Morgan fingerprint density at radius 3 is 2.22 bits per heavy atom. The van der Waals surface area contributed by atoms with E-state index in [4.69, 9.17) is 11.5 Å². The Morgan fingerprint density at radius 1 is 1.00 bits per heavy atom. The molecule has 0 bridgehead atoms. The van der Waals surface area contributed by atoms with Crippen molar-refractivity contribution in [2.24, 2.45) is 0 Å². The number of benzene rings is 2. The molecule has 2 aromatic rings. The molecule has 92 valence electrons. The molecule has 0 aliphatic heterocycles. The van der Waals surface area contributed by atoms with Gasteiger partial charge in [0.25, 0.3) is 5.91 Å². The third kappa shape index (κ3) is 2.27. The Balaban J connectivity index is 2.29. The number of amides is 1. The molecule has 0 saturated heterocycles. The number of rotatable bonds is 2. The largest absolute Gasteiger partial charge is 0.399 e. The lowest BCUT2D eigenvalue weighted by Gasteiger charge is -2.19. The van der Waals surface area contributed by atoms with Crippen LogP contribution in [0.25, 0.3) is 0 Å². The van der Waals surface area contributed by atoms with Crippen LogP contribution in [0.1, 0.15) is 10.4 Å². The van der Waals surface area contributed by atoms with Crippen molar-refractivity contribution in [2.45, 2.75) is 0 Å². The van der Waals surface area contributed by atoms with Crippen LogP contribution in [-0.2, 0) is 0 Å². The van der Waals surface area contributed by atoms with Crippen LogP contribution in [0.2, 0.25) is 0 Å². The molecule has 0 radical (unpaired) electrons. The minimum Gasteiger partial charge on any atom is -0.399 e. The number of carbonyl (C=O) groups excluding carboxylic acids is 1. The van der Waals surface area contributed by atoms with E-state index in [2.05, 4.69) is 0 Å². The van der Waals surface area contributed by atoms with Crippen LogP contribution in [-0.4, -0.2) is 13.0 Å². The van der Waals surface area contributed by atoms with Crippen LogP contribution >= 0.6 is 0 Å². The van der Waals surface area contributed by atoms with E-state index in [1.165, 1.54) is 4.90 Å². The predicted molar refractivity (Wildman–Crippen MR) is 74.4 cm³/mol. The first-order valence-electron chi connectivity index (χ1n) is 5.57. The SMILES string of the molecule is CN(C(=O)c1ccc(N)cc1)c1ccccc1N. The molecule has 4 heteroatoms. The maximum absolute atomic E-state index is 12.2. The molecule has 0 saturated carbocycles. The monoisotopic (exact) mass is 241 g/mol. The van der Waals surface area contributed by atoms with E-state index in [1.54, 1.807) is 37.4 Å². The van der Waals surface area contributed by atoms with E-state index in [0.29, 0.717) is 22.6 Å². The zero-order chi connectivity index (χ0) is 13.1. The van der Waals surface area contributed by atoms with E-state index < -0.39 is 0 Å². The van der Waals surface area contributed by atoms with Crippen LogP contribution < -0.4 is 16.4 Å². The molecule has 0 fully saturated rings. The lowest BCUT2D eigenvalue weighted by molar-refractivity contribution is 0.0993. The molecule has 2 rings (SSSR count). The van der Waals surface area contributed by atoms with E-state index in [1.807, 2.05) is 18.2 Å². The van der Waals surface area contributed by atoms with Gasteiger partial charge in [0.2, 0.25) is 0 Å². The van der Waals surface area contributed by atoms with Crippen molar-refractivity contribution in [3.63, 3.8) is 0 Å². The summed E-state index contributed by atoms with van der Waals surface area (Å²) in [6, 6.07) is 14.1. The molecule has 0 unspecified atom stereocenters. The summed E-state index contributed by atoms with van der Waals surface area (Å²) in [6.45, 7) is 0. The zero-order valence-corrected chi connectivity index (χ0v) is 10.1. The van der Waals surface area contributed by atoms with Gasteiger partial charge in [0.1, 0.15) is 0 Å². The first-order chi connectivity index (χ1) is 8.59. The van der Waals surface area contributed by atoms with Gasteiger partial charge in [0.15, 0.2) is 0 Å². The Hall–Kier alpha value is -2.49. The molecule has 4 nitrogen and oxygen atoms in total. The average molecular weight is 241 g/mol. The molecular weight excluding hydrogens is 226 g/mol. The second-order valence-corrected chi connectivity index (χ2v) is 4.04. The van der Waals surface area contributed by atoms with Crippen molar-refractivity contribution in [3.8, 4) is 0 Å². The van der Waals surface area contributed by atoms with Crippen LogP contribution in [0.5, 0.6) is 0 Å². The summed E-state index contributed by atoms with van der Waals surface area (Å²) in [7, 11) is 1.70. The van der Waals surface area contributed by atoms with Crippen molar-refractivity contribution < 1.29 is 4.79 Å². The molecule has 1 amide bonds. The average Bonchev–Trinajstić information content (AvgIpc) is 2.38. The van der Waals surface area contributed by atoms with Crippen molar-refractivity contribution >= 4 is 23.0 Å². The van der Waals surface area contributed by atoms with E-state index in [0.717, 1.165) is 0 Å². The standard InChI is InChI=1S/C14H15N3O/c1-17(13-5-3-2-4-12(13)16)14(18)10-6-8-11(15)9-7-10/h2-9H,15-16H2,1H3. The van der Waals surface area contributed by atoms with Crippen molar-refractivity contribution in [1.82, 2.24) is 0 Å². The third-order valence-electron chi connectivity index (χ3n) is 2.76. The van der Waals surface area contributed by atoms with Gasteiger partial charge < -0.3 is 16.4 Å². The van der Waals surface area contributed by atoms with Gasteiger partial charge in [0, 0.05) is 18.3 Å². The highest BCUT2D eigenvalue weighted by Gasteiger charge is 2.14. The number of nitrogen functional groups attached to an aromatic ring is 2. The minimum absolute atomic E-state index is 0.118. The Bertz CT molecular complexity index is 564. The zero-order valence-electron chi connectivity index (χ0n) is 10.1.